The lowest BCUT2D eigenvalue weighted by Crippen LogP contribution is -2.22. The lowest BCUT2D eigenvalue weighted by molar-refractivity contribution is 0.0602. The molecule has 1 heterocycles. The second-order valence-electron chi connectivity index (χ2n) is 5.41. The highest BCUT2D eigenvalue weighted by Gasteiger charge is 2.24. The molecule has 0 spiro atoms. The molecule has 8 nitrogen and oxygen atoms in total. The van der Waals surface area contributed by atoms with Crippen molar-refractivity contribution in [2.24, 2.45) is 0 Å². The smallest absolute Gasteiger partial charge is 0.340 e. The maximum atomic E-state index is 12.1. The third-order valence-electron chi connectivity index (χ3n) is 3.70. The third-order valence-corrected chi connectivity index (χ3v) is 4.67. The van der Waals surface area contributed by atoms with Gasteiger partial charge in [-0.1, -0.05) is 11.6 Å². The number of carbonyl (C=O) groups is 1. The van der Waals surface area contributed by atoms with Crippen molar-refractivity contribution in [3.63, 3.8) is 0 Å². The van der Waals surface area contributed by atoms with Gasteiger partial charge in [-0.15, -0.1) is 0 Å². The molecule has 2 aromatic carbocycles. The van der Waals surface area contributed by atoms with Crippen molar-refractivity contribution in [1.82, 2.24) is 9.78 Å². The summed E-state index contributed by atoms with van der Waals surface area (Å²) in [6.07, 6.45) is 2.95. The van der Waals surface area contributed by atoms with E-state index in [1.54, 1.807) is 30.5 Å². The summed E-state index contributed by atoms with van der Waals surface area (Å²) >= 11 is 3.41. The number of nitrogen functional groups attached to an aromatic ring is 1. The summed E-state index contributed by atoms with van der Waals surface area (Å²) in [7, 11) is 1.22. The Balaban J connectivity index is 2.07. The number of halogens is 1. The van der Waals surface area contributed by atoms with Gasteiger partial charge in [0.15, 0.2) is 0 Å². The number of carbonyl (C=O) groups excluding carboxylic acids is 1. The van der Waals surface area contributed by atoms with E-state index in [-0.39, 0.29) is 11.3 Å². The number of nitrogens with zero attached hydrogens (tertiary/aromatic N) is 3. The zero-order valence-corrected chi connectivity index (χ0v) is 15.6. The topological polar surface area (TPSA) is 111 Å². The van der Waals surface area contributed by atoms with Gasteiger partial charge in [0.2, 0.25) is 0 Å². The van der Waals surface area contributed by atoms with E-state index >= 15 is 0 Å². The molecule has 0 amide bonds. The van der Waals surface area contributed by atoms with Crippen LogP contribution in [0, 0.1) is 0 Å². The number of esters is 1. The fourth-order valence-electron chi connectivity index (χ4n) is 2.47. The van der Waals surface area contributed by atoms with E-state index in [0.717, 1.165) is 4.31 Å². The molecule has 0 fully saturated rings. The van der Waals surface area contributed by atoms with E-state index in [2.05, 4.69) is 5.10 Å². The Hall–Kier alpha value is -2.88. The predicted molar refractivity (Wildman–Crippen MR) is 104 cm³/mol. The highest BCUT2D eigenvalue weighted by Crippen LogP contribution is 2.32. The van der Waals surface area contributed by atoms with E-state index in [1.165, 1.54) is 36.2 Å². The van der Waals surface area contributed by atoms with Crippen LogP contribution in [0.15, 0.2) is 54.9 Å². The van der Waals surface area contributed by atoms with Crippen LogP contribution in [0.5, 0.6) is 0 Å². The maximum absolute atomic E-state index is 12.1. The van der Waals surface area contributed by atoms with Gasteiger partial charge in [0.25, 0.3) is 11.3 Å². The molecule has 3 N–H and O–H groups in total. The first-order valence-electron chi connectivity index (χ1n) is 7.60. The minimum atomic E-state index is -2.48. The van der Waals surface area contributed by atoms with Crippen LogP contribution in [0.2, 0.25) is 5.02 Å². The first-order chi connectivity index (χ1) is 12.9. The molecule has 0 aliphatic heterocycles. The van der Waals surface area contributed by atoms with Gasteiger partial charge in [0, 0.05) is 10.7 Å². The van der Waals surface area contributed by atoms with E-state index in [0.29, 0.717) is 22.1 Å². The number of ether oxygens (including phenoxy) is 1. The minimum absolute atomic E-state index is 0.0548. The van der Waals surface area contributed by atoms with Crippen molar-refractivity contribution in [1.29, 1.82) is 0 Å². The molecule has 1 aromatic heterocycles. The van der Waals surface area contributed by atoms with Crippen LogP contribution in [0.1, 0.15) is 10.4 Å². The number of nitrogens with two attached hydrogens (primary N) is 1. The van der Waals surface area contributed by atoms with Crippen molar-refractivity contribution >= 4 is 45.9 Å². The molecular formula is C17H15ClN4O4S. The van der Waals surface area contributed by atoms with Crippen LogP contribution in [-0.4, -0.2) is 31.6 Å². The molecule has 0 aliphatic rings. The Bertz CT molecular complexity index is 1010. The van der Waals surface area contributed by atoms with E-state index < -0.39 is 17.2 Å². The SMILES string of the molecule is COC(=O)c1cc(N)ccc1N(c1cnn(-c2ccc(Cl)cc2)c1)S(=O)O. The average molecular weight is 407 g/mol. The van der Waals surface area contributed by atoms with Crippen molar-refractivity contribution in [3.05, 3.63) is 65.4 Å². The van der Waals surface area contributed by atoms with Crippen LogP contribution in [-0.2, 0) is 16.0 Å². The second-order valence-corrected chi connectivity index (χ2v) is 6.68. The Morgan fingerprint density at radius 2 is 2.00 bits per heavy atom. The summed E-state index contributed by atoms with van der Waals surface area (Å²) in [6, 6.07) is 11.3. The van der Waals surface area contributed by atoms with E-state index in [9.17, 15) is 13.6 Å². The number of anilines is 3. The monoisotopic (exact) mass is 406 g/mol. The van der Waals surface area contributed by atoms with Crippen molar-refractivity contribution in [3.8, 4) is 5.69 Å². The number of methoxy groups -OCH3 is 1. The van der Waals surface area contributed by atoms with Crippen LogP contribution >= 0.6 is 11.6 Å². The third kappa shape index (κ3) is 3.95. The quantitative estimate of drug-likeness (QED) is 0.382. The van der Waals surface area contributed by atoms with Crippen LogP contribution in [0.3, 0.4) is 0 Å². The molecule has 0 saturated carbocycles. The van der Waals surface area contributed by atoms with Gasteiger partial charge >= 0.3 is 5.97 Å². The summed E-state index contributed by atoms with van der Waals surface area (Å²) in [4.78, 5) is 12.1. The zero-order chi connectivity index (χ0) is 19.6. The Labute approximate surface area is 162 Å². The molecule has 1 unspecified atom stereocenters. The number of hydrogen-bond acceptors (Lipinski definition) is 5. The molecular weight excluding hydrogens is 392 g/mol. The van der Waals surface area contributed by atoms with Crippen LogP contribution in [0.25, 0.3) is 5.69 Å². The number of aromatic nitrogens is 2. The molecule has 0 bridgehead atoms. The average Bonchev–Trinajstić information content (AvgIpc) is 3.12. The Morgan fingerprint density at radius 1 is 1.30 bits per heavy atom. The van der Waals surface area contributed by atoms with Gasteiger partial charge < -0.3 is 10.5 Å². The lowest BCUT2D eigenvalue weighted by atomic mass is 10.1. The first kappa shape index (κ1) is 18.9. The van der Waals surface area contributed by atoms with Gasteiger partial charge in [0.1, 0.15) is 0 Å². The normalized spacial score (nSPS) is 11.8. The summed E-state index contributed by atoms with van der Waals surface area (Å²) in [5, 5.41) is 4.78. The maximum Gasteiger partial charge on any atom is 0.340 e. The van der Waals surface area contributed by atoms with Crippen LogP contribution < -0.4 is 10.0 Å². The molecule has 0 saturated heterocycles. The molecule has 3 rings (SSSR count). The Kier molecular flexibility index (Phi) is 5.45. The van der Waals surface area contributed by atoms with Gasteiger partial charge in [-0.05, 0) is 42.5 Å². The van der Waals surface area contributed by atoms with E-state index in [4.69, 9.17) is 22.1 Å². The molecule has 27 heavy (non-hydrogen) atoms. The number of hydrogen-bond donors (Lipinski definition) is 2. The fraction of sp³-hybridized carbons (Fsp3) is 0.0588. The van der Waals surface area contributed by atoms with Crippen molar-refractivity contribution < 1.29 is 18.3 Å². The largest absolute Gasteiger partial charge is 0.465 e. The molecule has 10 heteroatoms. The molecule has 0 aliphatic carbocycles. The van der Waals surface area contributed by atoms with Gasteiger partial charge in [-0.25, -0.2) is 18.0 Å². The van der Waals surface area contributed by atoms with Gasteiger partial charge in [0.05, 0.1) is 42.1 Å². The zero-order valence-electron chi connectivity index (χ0n) is 14.1. The van der Waals surface area contributed by atoms with Gasteiger partial charge in [-0.3, -0.25) is 4.55 Å². The van der Waals surface area contributed by atoms with Crippen LogP contribution in [0.4, 0.5) is 17.1 Å². The number of benzene rings is 2. The first-order valence-corrected chi connectivity index (χ1v) is 9.04. The highest BCUT2D eigenvalue weighted by molar-refractivity contribution is 7.81. The molecule has 1 atom stereocenters. The molecule has 3 aromatic rings. The second kappa shape index (κ2) is 7.78. The molecule has 140 valence electrons. The molecule has 0 radical (unpaired) electrons. The van der Waals surface area contributed by atoms with Gasteiger partial charge in [-0.2, -0.15) is 5.10 Å². The summed E-state index contributed by atoms with van der Waals surface area (Å²) in [5.41, 5.74) is 7.27. The fourth-order valence-corrected chi connectivity index (χ4v) is 3.20. The van der Waals surface area contributed by atoms with Crippen molar-refractivity contribution in [2.75, 3.05) is 17.1 Å². The highest BCUT2D eigenvalue weighted by atomic mass is 35.5. The number of rotatable bonds is 5. The van der Waals surface area contributed by atoms with E-state index in [1.807, 2.05) is 0 Å². The minimum Gasteiger partial charge on any atom is -0.465 e. The summed E-state index contributed by atoms with van der Waals surface area (Å²) < 4.78 is 29.2. The lowest BCUT2D eigenvalue weighted by Gasteiger charge is -2.20. The summed E-state index contributed by atoms with van der Waals surface area (Å²) in [5.74, 6) is -0.683. The standard InChI is InChI=1S/C17H15ClN4O4S/c1-26-17(23)15-8-12(19)4-7-16(15)22(27(24)25)14-9-20-21(10-14)13-5-2-11(18)3-6-13/h2-10H,19H2,1H3,(H,24,25). The Morgan fingerprint density at radius 3 is 2.63 bits per heavy atom. The predicted octanol–water partition coefficient (Wildman–Crippen LogP) is 3.17. The summed E-state index contributed by atoms with van der Waals surface area (Å²) in [6.45, 7) is 0. The van der Waals surface area contributed by atoms with Crippen molar-refractivity contribution in [2.45, 2.75) is 0 Å².